The molecule has 0 radical (unpaired) electrons. The fourth-order valence-electron chi connectivity index (χ4n) is 1.99. The largest absolute Gasteiger partial charge is 0.435 e. The van der Waals surface area contributed by atoms with Gasteiger partial charge in [0.25, 0.3) is 0 Å². The topological polar surface area (TPSA) is 77.2 Å². The fraction of sp³-hybridized carbons (Fsp3) is 0.231. The van der Waals surface area contributed by atoms with Crippen molar-refractivity contribution in [1.29, 1.82) is 0 Å². The van der Waals surface area contributed by atoms with Crippen molar-refractivity contribution in [2.75, 3.05) is 5.32 Å². The number of ether oxygens (including phenoxy) is 1. The van der Waals surface area contributed by atoms with E-state index in [0.29, 0.717) is 11.5 Å². The van der Waals surface area contributed by atoms with Crippen LogP contribution in [0.2, 0.25) is 0 Å². The number of tetrazole rings is 1. The summed E-state index contributed by atoms with van der Waals surface area (Å²) >= 11 is 0. The number of rotatable bonds is 5. The molecule has 0 bridgehead atoms. The van der Waals surface area contributed by atoms with Crippen LogP contribution in [0, 0.1) is 0 Å². The van der Waals surface area contributed by atoms with Gasteiger partial charge in [-0.2, -0.15) is 8.78 Å². The molecule has 0 fully saturated rings. The lowest BCUT2D eigenvalue weighted by atomic mass is 10.1. The number of fused-ring (bicyclic) bond motifs is 1. The third-order valence-electron chi connectivity index (χ3n) is 3.02. The molecule has 0 aliphatic rings. The van der Waals surface area contributed by atoms with Crippen molar-refractivity contribution in [3.63, 3.8) is 0 Å². The standard InChI is InChI=1S/C13H12F2N6O/c1-8(9-3-2-4-10(7-9)22-13(14)15)16-11-5-6-12-17-19-20-21(12)18-11/h2-8,13H,1H3,(H,16,18). The van der Waals surface area contributed by atoms with E-state index in [9.17, 15) is 8.78 Å². The average molecular weight is 306 g/mol. The van der Waals surface area contributed by atoms with E-state index in [2.05, 4.69) is 30.7 Å². The molecule has 3 rings (SSSR count). The van der Waals surface area contributed by atoms with Gasteiger partial charge in [-0.3, -0.25) is 0 Å². The maximum absolute atomic E-state index is 12.2. The highest BCUT2D eigenvalue weighted by molar-refractivity contribution is 5.44. The first-order chi connectivity index (χ1) is 10.6. The molecule has 3 aromatic rings. The zero-order valence-corrected chi connectivity index (χ0v) is 11.5. The van der Waals surface area contributed by atoms with Crippen molar-refractivity contribution in [3.8, 4) is 5.75 Å². The van der Waals surface area contributed by atoms with Gasteiger partial charge in [-0.05, 0) is 47.2 Å². The number of halogens is 2. The summed E-state index contributed by atoms with van der Waals surface area (Å²) in [6.07, 6.45) is 0. The summed E-state index contributed by atoms with van der Waals surface area (Å²) in [5.74, 6) is 0.678. The SMILES string of the molecule is CC(Nc1ccc2nnnn2n1)c1cccc(OC(F)F)c1. The lowest BCUT2D eigenvalue weighted by Gasteiger charge is -2.15. The van der Waals surface area contributed by atoms with Crippen LogP contribution in [0.25, 0.3) is 5.65 Å². The molecule has 2 heterocycles. The first kappa shape index (κ1) is 14.1. The Balaban J connectivity index is 1.77. The van der Waals surface area contributed by atoms with Gasteiger partial charge in [0.15, 0.2) is 5.65 Å². The molecule has 9 heteroatoms. The Hall–Kier alpha value is -2.84. The van der Waals surface area contributed by atoms with Crippen molar-refractivity contribution in [3.05, 3.63) is 42.0 Å². The number of benzene rings is 1. The van der Waals surface area contributed by atoms with Gasteiger partial charge in [-0.15, -0.1) is 14.8 Å². The first-order valence-electron chi connectivity index (χ1n) is 6.48. The van der Waals surface area contributed by atoms with Crippen LogP contribution in [0.1, 0.15) is 18.5 Å². The minimum absolute atomic E-state index is 0.116. The van der Waals surface area contributed by atoms with Gasteiger partial charge >= 0.3 is 6.61 Å². The van der Waals surface area contributed by atoms with Crippen LogP contribution in [-0.2, 0) is 0 Å². The highest BCUT2D eigenvalue weighted by atomic mass is 19.3. The summed E-state index contributed by atoms with van der Waals surface area (Å²) in [6, 6.07) is 9.80. The zero-order chi connectivity index (χ0) is 15.5. The Morgan fingerprint density at radius 2 is 2.09 bits per heavy atom. The van der Waals surface area contributed by atoms with Crippen molar-refractivity contribution in [2.45, 2.75) is 19.6 Å². The zero-order valence-electron chi connectivity index (χ0n) is 11.5. The maximum atomic E-state index is 12.2. The van der Waals surface area contributed by atoms with Crippen LogP contribution >= 0.6 is 0 Å². The van der Waals surface area contributed by atoms with Crippen molar-refractivity contribution >= 4 is 11.5 Å². The number of anilines is 1. The second-order valence-corrected chi connectivity index (χ2v) is 4.56. The molecule has 114 valence electrons. The monoisotopic (exact) mass is 306 g/mol. The van der Waals surface area contributed by atoms with E-state index in [-0.39, 0.29) is 11.8 Å². The third kappa shape index (κ3) is 3.08. The van der Waals surface area contributed by atoms with Gasteiger partial charge in [0.2, 0.25) is 0 Å². The summed E-state index contributed by atoms with van der Waals surface area (Å²) in [6.45, 7) is -0.963. The molecule has 1 atom stereocenters. The minimum atomic E-state index is -2.84. The van der Waals surface area contributed by atoms with Gasteiger partial charge < -0.3 is 10.1 Å². The van der Waals surface area contributed by atoms with Crippen LogP contribution in [0.15, 0.2) is 36.4 Å². The van der Waals surface area contributed by atoms with E-state index in [1.54, 1.807) is 24.3 Å². The molecule has 0 saturated carbocycles. The highest BCUT2D eigenvalue weighted by Gasteiger charge is 2.10. The van der Waals surface area contributed by atoms with E-state index in [1.165, 1.54) is 10.7 Å². The van der Waals surface area contributed by atoms with Gasteiger partial charge in [0.1, 0.15) is 11.6 Å². The predicted octanol–water partition coefficient (Wildman–Crippen LogP) is 2.29. The maximum Gasteiger partial charge on any atom is 0.387 e. The second kappa shape index (κ2) is 5.88. The second-order valence-electron chi connectivity index (χ2n) is 4.56. The third-order valence-corrected chi connectivity index (χ3v) is 3.02. The van der Waals surface area contributed by atoms with Crippen molar-refractivity contribution in [1.82, 2.24) is 25.3 Å². The number of hydrogen-bond donors (Lipinski definition) is 1. The Morgan fingerprint density at radius 3 is 2.91 bits per heavy atom. The van der Waals surface area contributed by atoms with E-state index < -0.39 is 6.61 Å². The Labute approximate surface area is 123 Å². The van der Waals surface area contributed by atoms with Gasteiger partial charge in [0.05, 0.1) is 6.04 Å². The van der Waals surface area contributed by atoms with Crippen LogP contribution in [-0.4, -0.2) is 31.9 Å². The molecule has 0 aliphatic carbocycles. The van der Waals surface area contributed by atoms with E-state index in [0.717, 1.165) is 5.56 Å². The molecular weight excluding hydrogens is 294 g/mol. The van der Waals surface area contributed by atoms with Gasteiger partial charge in [-0.25, -0.2) is 0 Å². The van der Waals surface area contributed by atoms with Crippen LogP contribution < -0.4 is 10.1 Å². The number of nitrogens with one attached hydrogen (secondary N) is 1. The lowest BCUT2D eigenvalue weighted by Crippen LogP contribution is -2.10. The van der Waals surface area contributed by atoms with Crippen LogP contribution in [0.3, 0.4) is 0 Å². The summed E-state index contributed by atoms with van der Waals surface area (Å²) in [4.78, 5) is 0. The molecule has 22 heavy (non-hydrogen) atoms. The molecule has 0 saturated heterocycles. The fourth-order valence-corrected chi connectivity index (χ4v) is 1.99. The molecular formula is C13H12F2N6O. The van der Waals surface area contributed by atoms with Gasteiger partial charge in [-0.1, -0.05) is 12.1 Å². The lowest BCUT2D eigenvalue weighted by molar-refractivity contribution is -0.0498. The highest BCUT2D eigenvalue weighted by Crippen LogP contribution is 2.23. The first-order valence-corrected chi connectivity index (χ1v) is 6.48. The van der Waals surface area contributed by atoms with E-state index >= 15 is 0 Å². The molecule has 0 spiro atoms. The molecule has 1 N–H and O–H groups in total. The Morgan fingerprint density at radius 1 is 1.23 bits per heavy atom. The number of aromatic nitrogens is 5. The summed E-state index contributed by atoms with van der Waals surface area (Å²) in [7, 11) is 0. The molecule has 7 nitrogen and oxygen atoms in total. The van der Waals surface area contributed by atoms with E-state index in [4.69, 9.17) is 0 Å². The Bertz CT molecular complexity index is 778. The molecule has 1 unspecified atom stereocenters. The number of alkyl halides is 2. The van der Waals surface area contributed by atoms with Crippen molar-refractivity contribution in [2.24, 2.45) is 0 Å². The van der Waals surface area contributed by atoms with Crippen LogP contribution in [0.4, 0.5) is 14.6 Å². The smallest absolute Gasteiger partial charge is 0.387 e. The minimum Gasteiger partial charge on any atom is -0.435 e. The number of hydrogen-bond acceptors (Lipinski definition) is 6. The molecule has 1 aromatic carbocycles. The van der Waals surface area contributed by atoms with E-state index in [1.807, 2.05) is 13.0 Å². The molecule has 0 aliphatic heterocycles. The quantitative estimate of drug-likeness (QED) is 0.779. The summed E-state index contributed by atoms with van der Waals surface area (Å²) in [5, 5.41) is 18.3. The predicted molar refractivity (Wildman–Crippen MR) is 73.7 cm³/mol. The molecule has 2 aromatic heterocycles. The van der Waals surface area contributed by atoms with Gasteiger partial charge in [0, 0.05) is 0 Å². The average Bonchev–Trinajstić information content (AvgIpc) is 2.94. The summed E-state index contributed by atoms with van der Waals surface area (Å²) in [5.41, 5.74) is 1.32. The van der Waals surface area contributed by atoms with Crippen molar-refractivity contribution < 1.29 is 13.5 Å². The van der Waals surface area contributed by atoms with Crippen LogP contribution in [0.5, 0.6) is 5.75 Å². The molecule has 0 amide bonds. The normalized spacial score (nSPS) is 12.5. The Kier molecular flexibility index (Phi) is 3.77. The number of nitrogens with zero attached hydrogens (tertiary/aromatic N) is 5. The summed E-state index contributed by atoms with van der Waals surface area (Å²) < 4.78 is 30.2.